The molecular formula is C7H12KO5S+. The van der Waals surface area contributed by atoms with Gasteiger partial charge in [-0.2, -0.15) is 8.42 Å². The summed E-state index contributed by atoms with van der Waals surface area (Å²) in [6.07, 6.45) is 0.0812. The van der Waals surface area contributed by atoms with E-state index in [1.165, 1.54) is 6.92 Å². The van der Waals surface area contributed by atoms with Gasteiger partial charge < -0.3 is 4.74 Å². The summed E-state index contributed by atoms with van der Waals surface area (Å²) in [6.45, 7) is 4.80. The summed E-state index contributed by atoms with van der Waals surface area (Å²) >= 11 is 0. The monoisotopic (exact) mass is 247 g/mol. The average molecular weight is 247 g/mol. The van der Waals surface area contributed by atoms with Crippen molar-refractivity contribution < 1.29 is 73.9 Å². The molecule has 0 aliphatic heterocycles. The Morgan fingerprint density at radius 2 is 2.00 bits per heavy atom. The molecule has 14 heavy (non-hydrogen) atoms. The fraction of sp³-hybridized carbons (Fsp3) is 0.571. The van der Waals surface area contributed by atoms with Crippen LogP contribution in [0.2, 0.25) is 0 Å². The Bertz CT molecular complexity index is 295. The Kier molecular flexibility index (Phi) is 9.77. The fourth-order valence-electron chi connectivity index (χ4n) is 0.529. The number of hydrogen-bond donors (Lipinski definition) is 1. The van der Waals surface area contributed by atoms with Crippen molar-refractivity contribution in [3.8, 4) is 0 Å². The van der Waals surface area contributed by atoms with Crippen LogP contribution in [0.25, 0.3) is 0 Å². The molecule has 0 radical (unpaired) electrons. The van der Waals surface area contributed by atoms with Gasteiger partial charge in [0.2, 0.25) is 0 Å². The van der Waals surface area contributed by atoms with Crippen molar-refractivity contribution in [3.05, 3.63) is 12.2 Å². The van der Waals surface area contributed by atoms with Crippen LogP contribution in [0.3, 0.4) is 0 Å². The van der Waals surface area contributed by atoms with E-state index >= 15 is 0 Å². The van der Waals surface area contributed by atoms with Gasteiger partial charge in [-0.05, 0) is 13.3 Å². The third-order valence-electron chi connectivity index (χ3n) is 1.13. The second kappa shape index (κ2) is 7.97. The van der Waals surface area contributed by atoms with E-state index in [4.69, 9.17) is 4.55 Å². The standard InChI is InChI=1S/C7H12O5S.K/c1-6(2)7(8)12-4-3-5-13(9,10)11;/h1,3-5H2,2H3,(H,9,10,11);/q;+1. The van der Waals surface area contributed by atoms with Crippen LogP contribution in [-0.2, 0) is 19.6 Å². The molecule has 0 heterocycles. The number of ether oxygens (including phenoxy) is 1. The van der Waals surface area contributed by atoms with Crippen LogP contribution in [0.1, 0.15) is 13.3 Å². The minimum absolute atomic E-state index is 0. The Labute approximate surface area is 126 Å². The Balaban J connectivity index is 0. The van der Waals surface area contributed by atoms with Crippen LogP contribution in [0.4, 0.5) is 0 Å². The van der Waals surface area contributed by atoms with Gasteiger partial charge in [-0.25, -0.2) is 4.79 Å². The van der Waals surface area contributed by atoms with E-state index in [0.29, 0.717) is 0 Å². The first-order valence-corrected chi connectivity index (χ1v) is 5.21. The van der Waals surface area contributed by atoms with Gasteiger partial charge in [-0.3, -0.25) is 4.55 Å². The molecule has 0 aliphatic rings. The zero-order valence-electron chi connectivity index (χ0n) is 8.32. The van der Waals surface area contributed by atoms with Crippen LogP contribution < -0.4 is 51.4 Å². The van der Waals surface area contributed by atoms with Crippen LogP contribution in [0.5, 0.6) is 0 Å². The smallest absolute Gasteiger partial charge is 0.462 e. The van der Waals surface area contributed by atoms with Crippen molar-refractivity contribution in [2.75, 3.05) is 12.4 Å². The predicted octanol–water partition coefficient (Wildman–Crippen LogP) is -2.61. The minimum Gasteiger partial charge on any atom is -0.462 e. The summed E-state index contributed by atoms with van der Waals surface area (Å²) in [5.74, 6) is -0.966. The number of carbonyl (C=O) groups is 1. The zero-order chi connectivity index (χ0) is 10.5. The van der Waals surface area contributed by atoms with Crippen molar-refractivity contribution in [2.24, 2.45) is 0 Å². The molecule has 0 amide bonds. The van der Waals surface area contributed by atoms with E-state index in [9.17, 15) is 13.2 Å². The molecule has 0 atom stereocenters. The number of hydrogen-bond acceptors (Lipinski definition) is 4. The summed E-state index contributed by atoms with van der Waals surface area (Å²) in [4.78, 5) is 10.7. The van der Waals surface area contributed by atoms with Crippen molar-refractivity contribution in [1.29, 1.82) is 0 Å². The zero-order valence-corrected chi connectivity index (χ0v) is 12.3. The molecule has 0 saturated heterocycles. The van der Waals surface area contributed by atoms with Gasteiger partial charge in [0.25, 0.3) is 10.1 Å². The van der Waals surface area contributed by atoms with Gasteiger partial charge in [-0.1, -0.05) is 6.58 Å². The summed E-state index contributed by atoms with van der Waals surface area (Å²) in [7, 11) is -3.96. The molecule has 0 bridgehead atoms. The molecule has 0 saturated carbocycles. The molecule has 1 N–H and O–H groups in total. The summed E-state index contributed by atoms with van der Waals surface area (Å²) in [5.41, 5.74) is 0.256. The Hall–Kier alpha value is 0.756. The first kappa shape index (κ1) is 17.2. The molecular weight excluding hydrogens is 235 g/mol. The second-order valence-corrected chi connectivity index (χ2v) is 4.13. The van der Waals surface area contributed by atoms with Crippen molar-refractivity contribution in [2.45, 2.75) is 13.3 Å². The first-order chi connectivity index (χ1) is 5.83. The quantitative estimate of drug-likeness (QED) is 0.189. The molecule has 0 aliphatic carbocycles. The molecule has 0 rings (SSSR count). The maximum Gasteiger partial charge on any atom is 1.00 e. The number of rotatable bonds is 5. The van der Waals surface area contributed by atoms with Gasteiger partial charge >= 0.3 is 57.4 Å². The van der Waals surface area contributed by atoms with Crippen molar-refractivity contribution >= 4 is 16.1 Å². The normalized spacial score (nSPS) is 10.1. The molecule has 0 aromatic heterocycles. The van der Waals surface area contributed by atoms with E-state index < -0.39 is 21.8 Å². The molecule has 0 fully saturated rings. The minimum atomic E-state index is -3.96. The maximum absolute atomic E-state index is 10.7. The molecule has 76 valence electrons. The van der Waals surface area contributed by atoms with E-state index in [0.717, 1.165) is 0 Å². The van der Waals surface area contributed by atoms with Gasteiger partial charge in [0.05, 0.1) is 12.4 Å². The molecule has 0 spiro atoms. The van der Waals surface area contributed by atoms with Crippen LogP contribution >= 0.6 is 0 Å². The largest absolute Gasteiger partial charge is 1.00 e. The van der Waals surface area contributed by atoms with Crippen LogP contribution in [0, 0.1) is 0 Å². The third-order valence-corrected chi connectivity index (χ3v) is 1.93. The fourth-order valence-corrected chi connectivity index (χ4v) is 1.01. The second-order valence-electron chi connectivity index (χ2n) is 2.56. The third kappa shape index (κ3) is 10.8. The molecule has 0 unspecified atom stereocenters. The maximum atomic E-state index is 10.7. The van der Waals surface area contributed by atoms with Gasteiger partial charge in [-0.15, -0.1) is 0 Å². The van der Waals surface area contributed by atoms with Crippen molar-refractivity contribution in [3.63, 3.8) is 0 Å². The number of carbonyl (C=O) groups excluding carboxylic acids is 1. The van der Waals surface area contributed by atoms with Gasteiger partial charge in [0.15, 0.2) is 0 Å². The van der Waals surface area contributed by atoms with E-state index in [2.05, 4.69) is 11.3 Å². The molecule has 0 aromatic carbocycles. The Morgan fingerprint density at radius 3 is 2.36 bits per heavy atom. The van der Waals surface area contributed by atoms with Gasteiger partial charge in [0, 0.05) is 5.57 Å². The first-order valence-electron chi connectivity index (χ1n) is 3.61. The SMILES string of the molecule is C=C(C)C(=O)OCCCS(=O)(=O)O.[K+]. The Morgan fingerprint density at radius 1 is 1.50 bits per heavy atom. The van der Waals surface area contributed by atoms with Crippen LogP contribution in [0.15, 0.2) is 12.2 Å². The van der Waals surface area contributed by atoms with E-state index in [-0.39, 0.29) is 70.0 Å². The predicted molar refractivity (Wildman–Crippen MR) is 46.8 cm³/mol. The topological polar surface area (TPSA) is 80.7 Å². The van der Waals surface area contributed by atoms with Gasteiger partial charge in [0.1, 0.15) is 0 Å². The summed E-state index contributed by atoms with van der Waals surface area (Å²) in [6, 6.07) is 0. The van der Waals surface area contributed by atoms with Crippen molar-refractivity contribution in [1.82, 2.24) is 0 Å². The number of esters is 1. The van der Waals surface area contributed by atoms with E-state index in [1.807, 2.05) is 0 Å². The molecule has 7 heteroatoms. The van der Waals surface area contributed by atoms with Crippen LogP contribution in [-0.4, -0.2) is 31.3 Å². The summed E-state index contributed by atoms with van der Waals surface area (Å²) < 4.78 is 33.3. The molecule has 5 nitrogen and oxygen atoms in total. The molecule has 0 aromatic rings. The average Bonchev–Trinajstić information content (AvgIpc) is 1.95. The summed E-state index contributed by atoms with van der Waals surface area (Å²) in [5, 5.41) is 0. The van der Waals surface area contributed by atoms with E-state index in [1.54, 1.807) is 0 Å².